The molecule has 0 aromatic carbocycles. The Labute approximate surface area is 119 Å². The average molecular weight is 281 g/mol. The summed E-state index contributed by atoms with van der Waals surface area (Å²) < 4.78 is 1.59. The van der Waals surface area contributed by atoms with Crippen LogP contribution in [-0.4, -0.2) is 45.6 Å². The Morgan fingerprint density at radius 2 is 2.15 bits per heavy atom. The van der Waals surface area contributed by atoms with Crippen molar-refractivity contribution in [3.63, 3.8) is 0 Å². The van der Waals surface area contributed by atoms with Crippen LogP contribution < -0.4 is 11.1 Å². The van der Waals surface area contributed by atoms with Gasteiger partial charge in [-0.3, -0.25) is 14.3 Å². The van der Waals surface area contributed by atoms with Crippen molar-refractivity contribution in [2.75, 3.05) is 13.1 Å². The van der Waals surface area contributed by atoms with Gasteiger partial charge in [-0.1, -0.05) is 0 Å². The Kier molecular flexibility index (Phi) is 5.69. The Bertz CT molecular complexity index is 469. The van der Waals surface area contributed by atoms with Crippen LogP contribution in [0.1, 0.15) is 32.4 Å². The van der Waals surface area contributed by atoms with Gasteiger partial charge in [0.05, 0.1) is 12.7 Å². The van der Waals surface area contributed by atoms with Gasteiger partial charge in [0.25, 0.3) is 0 Å². The number of carbonyl (C=O) groups excluding carboxylic acids is 2. The zero-order chi connectivity index (χ0) is 15.3. The summed E-state index contributed by atoms with van der Waals surface area (Å²) in [5, 5.41) is 6.75. The standard InChI is InChI=1S/C13H23N5O2/c1-5-18(8-11(19)16-9(2)3)13(20)12(14)10-6-15-17(4)7-10/h6-7,9,12H,5,8,14H2,1-4H3,(H,16,19). The number of nitrogens with two attached hydrogens (primary N) is 1. The van der Waals surface area contributed by atoms with Crippen molar-refractivity contribution in [1.82, 2.24) is 20.0 Å². The van der Waals surface area contributed by atoms with Gasteiger partial charge in [0.15, 0.2) is 0 Å². The first-order chi connectivity index (χ1) is 9.35. The number of likely N-dealkylation sites (N-methyl/N-ethyl adjacent to an activating group) is 1. The van der Waals surface area contributed by atoms with Crippen LogP contribution in [0.2, 0.25) is 0 Å². The molecule has 0 aliphatic carbocycles. The Morgan fingerprint density at radius 3 is 2.60 bits per heavy atom. The highest BCUT2D eigenvalue weighted by molar-refractivity contribution is 5.88. The topological polar surface area (TPSA) is 93.2 Å². The lowest BCUT2D eigenvalue weighted by molar-refractivity contribution is -0.137. The third kappa shape index (κ3) is 4.34. The van der Waals surface area contributed by atoms with E-state index in [2.05, 4.69) is 10.4 Å². The summed E-state index contributed by atoms with van der Waals surface area (Å²) >= 11 is 0. The van der Waals surface area contributed by atoms with E-state index < -0.39 is 6.04 Å². The second-order valence-corrected chi connectivity index (χ2v) is 5.00. The fourth-order valence-corrected chi connectivity index (χ4v) is 1.83. The third-order valence-corrected chi connectivity index (χ3v) is 2.83. The molecule has 0 fully saturated rings. The quantitative estimate of drug-likeness (QED) is 0.754. The molecule has 0 bridgehead atoms. The predicted molar refractivity (Wildman–Crippen MR) is 75.7 cm³/mol. The van der Waals surface area contributed by atoms with Crippen molar-refractivity contribution < 1.29 is 9.59 Å². The molecule has 0 aliphatic heterocycles. The number of carbonyl (C=O) groups is 2. The lowest BCUT2D eigenvalue weighted by atomic mass is 10.1. The van der Waals surface area contributed by atoms with Crippen LogP contribution >= 0.6 is 0 Å². The molecule has 7 nitrogen and oxygen atoms in total. The largest absolute Gasteiger partial charge is 0.352 e. The molecule has 1 rings (SSSR count). The summed E-state index contributed by atoms with van der Waals surface area (Å²) in [5.41, 5.74) is 6.57. The summed E-state index contributed by atoms with van der Waals surface area (Å²) in [4.78, 5) is 25.5. The van der Waals surface area contributed by atoms with Crippen LogP contribution in [0.5, 0.6) is 0 Å². The molecule has 1 aromatic rings. The first-order valence-electron chi connectivity index (χ1n) is 6.67. The molecule has 0 saturated carbocycles. The monoisotopic (exact) mass is 281 g/mol. The van der Waals surface area contributed by atoms with E-state index in [0.717, 1.165) is 0 Å². The highest BCUT2D eigenvalue weighted by Gasteiger charge is 2.24. The predicted octanol–water partition coefficient (Wildman–Crippen LogP) is -0.207. The number of rotatable bonds is 6. The molecule has 3 N–H and O–H groups in total. The van der Waals surface area contributed by atoms with Gasteiger partial charge in [0, 0.05) is 31.4 Å². The maximum atomic E-state index is 12.3. The fraction of sp³-hybridized carbons (Fsp3) is 0.615. The Hall–Kier alpha value is -1.89. The smallest absolute Gasteiger partial charge is 0.244 e. The van der Waals surface area contributed by atoms with Gasteiger partial charge in [-0.2, -0.15) is 5.10 Å². The summed E-state index contributed by atoms with van der Waals surface area (Å²) in [5.74, 6) is -0.465. The zero-order valence-electron chi connectivity index (χ0n) is 12.5. The van der Waals surface area contributed by atoms with Crippen LogP contribution in [0.3, 0.4) is 0 Å². The number of aromatic nitrogens is 2. The van der Waals surface area contributed by atoms with E-state index in [1.165, 1.54) is 4.90 Å². The summed E-state index contributed by atoms with van der Waals surface area (Å²) in [7, 11) is 1.76. The number of hydrogen-bond donors (Lipinski definition) is 2. The molecule has 0 spiro atoms. The molecular weight excluding hydrogens is 258 g/mol. The molecular formula is C13H23N5O2. The molecule has 20 heavy (non-hydrogen) atoms. The van der Waals surface area contributed by atoms with E-state index in [1.807, 2.05) is 20.8 Å². The van der Waals surface area contributed by atoms with Crippen molar-refractivity contribution in [2.24, 2.45) is 12.8 Å². The van der Waals surface area contributed by atoms with Crippen LogP contribution in [-0.2, 0) is 16.6 Å². The minimum absolute atomic E-state index is 0.0154. The minimum Gasteiger partial charge on any atom is -0.352 e. The van der Waals surface area contributed by atoms with E-state index in [0.29, 0.717) is 12.1 Å². The molecule has 0 aliphatic rings. The number of nitrogens with zero attached hydrogens (tertiary/aromatic N) is 3. The number of hydrogen-bond acceptors (Lipinski definition) is 4. The van der Waals surface area contributed by atoms with Gasteiger partial charge in [0.1, 0.15) is 6.04 Å². The SMILES string of the molecule is CCN(CC(=O)NC(C)C)C(=O)C(N)c1cnn(C)c1. The molecule has 112 valence electrons. The second-order valence-electron chi connectivity index (χ2n) is 5.00. The molecule has 0 radical (unpaired) electrons. The van der Waals surface area contributed by atoms with Crippen molar-refractivity contribution >= 4 is 11.8 Å². The molecule has 1 unspecified atom stereocenters. The average Bonchev–Trinajstić information content (AvgIpc) is 2.80. The Morgan fingerprint density at radius 1 is 1.50 bits per heavy atom. The third-order valence-electron chi connectivity index (χ3n) is 2.83. The summed E-state index contributed by atoms with van der Waals surface area (Å²) in [6, 6.07) is -0.751. The van der Waals surface area contributed by atoms with E-state index >= 15 is 0 Å². The fourth-order valence-electron chi connectivity index (χ4n) is 1.83. The highest BCUT2D eigenvalue weighted by Crippen LogP contribution is 2.12. The van der Waals surface area contributed by atoms with Gasteiger partial charge in [-0.15, -0.1) is 0 Å². The number of aryl methyl sites for hydroxylation is 1. The Balaban J connectivity index is 2.69. The molecule has 0 saturated heterocycles. The first-order valence-corrected chi connectivity index (χ1v) is 6.67. The zero-order valence-corrected chi connectivity index (χ0v) is 12.5. The van der Waals surface area contributed by atoms with Gasteiger partial charge < -0.3 is 16.0 Å². The van der Waals surface area contributed by atoms with Crippen molar-refractivity contribution in [2.45, 2.75) is 32.9 Å². The molecule has 1 atom stereocenters. The summed E-state index contributed by atoms with van der Waals surface area (Å²) in [6.07, 6.45) is 3.26. The van der Waals surface area contributed by atoms with E-state index in [4.69, 9.17) is 5.73 Å². The van der Waals surface area contributed by atoms with Crippen LogP contribution in [0.25, 0.3) is 0 Å². The van der Waals surface area contributed by atoms with E-state index in [-0.39, 0.29) is 24.4 Å². The van der Waals surface area contributed by atoms with Crippen LogP contribution in [0.15, 0.2) is 12.4 Å². The molecule has 1 aromatic heterocycles. The first kappa shape index (κ1) is 16.2. The highest BCUT2D eigenvalue weighted by atomic mass is 16.2. The second kappa shape index (κ2) is 7.04. The normalized spacial score (nSPS) is 12.3. The maximum absolute atomic E-state index is 12.3. The van der Waals surface area contributed by atoms with Gasteiger partial charge >= 0.3 is 0 Å². The van der Waals surface area contributed by atoms with Gasteiger partial charge in [-0.25, -0.2) is 0 Å². The lowest BCUT2D eigenvalue weighted by Crippen LogP contribution is -2.45. The van der Waals surface area contributed by atoms with Crippen molar-refractivity contribution in [3.8, 4) is 0 Å². The van der Waals surface area contributed by atoms with E-state index in [1.54, 1.807) is 24.1 Å². The van der Waals surface area contributed by atoms with Gasteiger partial charge in [-0.05, 0) is 20.8 Å². The van der Waals surface area contributed by atoms with E-state index in [9.17, 15) is 9.59 Å². The van der Waals surface area contributed by atoms with Crippen molar-refractivity contribution in [3.05, 3.63) is 18.0 Å². The van der Waals surface area contributed by atoms with Gasteiger partial charge in [0.2, 0.25) is 11.8 Å². The molecule has 1 heterocycles. The minimum atomic E-state index is -0.796. The van der Waals surface area contributed by atoms with Crippen LogP contribution in [0.4, 0.5) is 0 Å². The van der Waals surface area contributed by atoms with Crippen molar-refractivity contribution in [1.29, 1.82) is 0 Å². The number of nitrogens with one attached hydrogen (secondary N) is 1. The number of amides is 2. The summed E-state index contributed by atoms with van der Waals surface area (Å²) in [6.45, 7) is 6.01. The molecule has 7 heteroatoms. The maximum Gasteiger partial charge on any atom is 0.244 e. The lowest BCUT2D eigenvalue weighted by Gasteiger charge is -2.23. The molecule has 2 amide bonds. The van der Waals surface area contributed by atoms with Crippen LogP contribution in [0, 0.1) is 0 Å².